The van der Waals surface area contributed by atoms with Crippen LogP contribution in [0.15, 0.2) is 18.2 Å². The Morgan fingerprint density at radius 2 is 0.727 bits per heavy atom. The molecule has 0 heterocycles. The lowest BCUT2D eigenvalue weighted by atomic mass is 10.2. The summed E-state index contributed by atoms with van der Waals surface area (Å²) >= 11 is 0. The van der Waals surface area contributed by atoms with E-state index in [2.05, 4.69) is 74.9 Å². The summed E-state index contributed by atoms with van der Waals surface area (Å²) in [7, 11) is -3.96. The first-order valence-corrected chi connectivity index (χ1v) is 23.1. The van der Waals surface area contributed by atoms with E-state index in [1.165, 1.54) is 0 Å². The van der Waals surface area contributed by atoms with Crippen molar-refractivity contribution >= 4 is 59.0 Å². The van der Waals surface area contributed by atoms with Gasteiger partial charge in [-0.25, -0.2) is 0 Å². The maximum absolute atomic E-state index is 12.5. The van der Waals surface area contributed by atoms with Crippen molar-refractivity contribution in [2.45, 2.75) is 96.3 Å². The smallest absolute Gasteiger partial charge is 0.224 e. The first-order chi connectivity index (χ1) is 14.9. The molecule has 3 amide bonds. The lowest BCUT2D eigenvalue weighted by molar-refractivity contribution is -0.116. The lowest BCUT2D eigenvalue weighted by Crippen LogP contribution is -2.24. The molecule has 0 aromatic heterocycles. The molecular formula is C24H45N3O3Si3. The van der Waals surface area contributed by atoms with Crippen LogP contribution in [0.4, 0.5) is 17.1 Å². The van der Waals surface area contributed by atoms with Gasteiger partial charge in [-0.2, -0.15) is 0 Å². The third-order valence-electron chi connectivity index (χ3n) is 5.09. The van der Waals surface area contributed by atoms with Crippen molar-refractivity contribution in [1.29, 1.82) is 0 Å². The van der Waals surface area contributed by atoms with Crippen molar-refractivity contribution in [2.24, 2.45) is 0 Å². The fourth-order valence-electron chi connectivity index (χ4n) is 2.98. The molecule has 1 rings (SSSR count). The van der Waals surface area contributed by atoms with Gasteiger partial charge in [0.05, 0.1) is 0 Å². The molecule has 0 saturated carbocycles. The van der Waals surface area contributed by atoms with Gasteiger partial charge in [0.15, 0.2) is 0 Å². The average molecular weight is 508 g/mol. The quantitative estimate of drug-likeness (QED) is 0.275. The van der Waals surface area contributed by atoms with Crippen LogP contribution < -0.4 is 16.0 Å². The van der Waals surface area contributed by atoms with Crippen molar-refractivity contribution in [3.05, 3.63) is 18.2 Å². The summed E-state index contributed by atoms with van der Waals surface area (Å²) in [5.41, 5.74) is 1.75. The van der Waals surface area contributed by atoms with Crippen molar-refractivity contribution in [2.75, 3.05) is 16.0 Å². The lowest BCUT2D eigenvalue weighted by Gasteiger charge is -2.18. The van der Waals surface area contributed by atoms with Gasteiger partial charge in [0.1, 0.15) is 0 Å². The van der Waals surface area contributed by atoms with Crippen LogP contribution in [0.5, 0.6) is 0 Å². The van der Waals surface area contributed by atoms with Crippen molar-refractivity contribution < 1.29 is 14.4 Å². The van der Waals surface area contributed by atoms with Gasteiger partial charge >= 0.3 is 0 Å². The van der Waals surface area contributed by atoms with Crippen LogP contribution in [0.1, 0.15) is 19.3 Å². The van der Waals surface area contributed by atoms with Crippen LogP contribution in [-0.2, 0) is 14.4 Å². The average Bonchev–Trinajstić information content (AvgIpc) is 2.61. The molecule has 0 radical (unpaired) electrons. The highest BCUT2D eigenvalue weighted by Crippen LogP contribution is 2.25. The minimum Gasteiger partial charge on any atom is -0.326 e. The Morgan fingerprint density at radius 1 is 0.515 bits per heavy atom. The molecule has 9 heteroatoms. The van der Waals surface area contributed by atoms with Crippen LogP contribution in [-0.4, -0.2) is 41.9 Å². The molecular weight excluding hydrogens is 463 g/mol. The van der Waals surface area contributed by atoms with Crippen molar-refractivity contribution in [3.63, 3.8) is 0 Å². The molecule has 1 aromatic carbocycles. The highest BCUT2D eigenvalue weighted by Gasteiger charge is 2.18. The summed E-state index contributed by atoms with van der Waals surface area (Å²) in [5.74, 6) is -0.137. The van der Waals surface area contributed by atoms with Gasteiger partial charge in [-0.1, -0.05) is 58.9 Å². The molecule has 0 spiro atoms. The van der Waals surface area contributed by atoms with Crippen LogP contribution in [0.3, 0.4) is 0 Å². The number of benzene rings is 1. The van der Waals surface area contributed by atoms with Crippen molar-refractivity contribution in [3.8, 4) is 0 Å². The monoisotopic (exact) mass is 507 g/mol. The van der Waals surface area contributed by atoms with E-state index in [0.717, 1.165) is 18.1 Å². The predicted octanol–water partition coefficient (Wildman–Crippen LogP) is 6.69. The third kappa shape index (κ3) is 14.9. The van der Waals surface area contributed by atoms with Gasteiger partial charge in [0.2, 0.25) is 17.7 Å². The molecule has 186 valence electrons. The Kier molecular flexibility index (Phi) is 10.8. The Labute approximate surface area is 203 Å². The third-order valence-corrected chi connectivity index (χ3v) is 10.3. The maximum Gasteiger partial charge on any atom is 0.224 e. The zero-order valence-corrected chi connectivity index (χ0v) is 25.2. The van der Waals surface area contributed by atoms with Gasteiger partial charge in [-0.15, -0.1) is 0 Å². The first-order valence-electron chi connectivity index (χ1n) is 12.0. The highest BCUT2D eigenvalue weighted by atomic mass is 28.3. The standard InChI is InChI=1S/C24H45N3O3Si3/c1-31(2,3)13-10-22(28)25-19-16-20(26-23(29)11-14-32(4,5)6)18-21(17-19)27-24(30)12-15-33(7,8)9/h16-18H,10-15H2,1-9H3,(H,25,28)(H,26,29)(H,27,30). The number of carbonyl (C=O) groups is 3. The number of hydrogen-bond donors (Lipinski definition) is 3. The summed E-state index contributed by atoms with van der Waals surface area (Å²) < 4.78 is 0. The number of amides is 3. The highest BCUT2D eigenvalue weighted by molar-refractivity contribution is 6.77. The molecule has 0 fully saturated rings. The number of anilines is 3. The van der Waals surface area contributed by atoms with Gasteiger partial charge in [0.25, 0.3) is 0 Å². The summed E-state index contributed by atoms with van der Waals surface area (Å²) in [6.45, 7) is 20.2. The largest absolute Gasteiger partial charge is 0.326 e. The van der Waals surface area contributed by atoms with Gasteiger partial charge in [-0.3, -0.25) is 14.4 Å². The summed E-state index contributed by atoms with van der Waals surface area (Å²) in [5, 5.41) is 8.85. The van der Waals surface area contributed by atoms with Crippen LogP contribution in [0.2, 0.25) is 77.1 Å². The Balaban J connectivity index is 2.98. The predicted molar refractivity (Wildman–Crippen MR) is 151 cm³/mol. The first kappa shape index (κ1) is 29.3. The topological polar surface area (TPSA) is 87.3 Å². The van der Waals surface area contributed by atoms with Gasteiger partial charge in [0, 0.05) is 60.5 Å². The van der Waals surface area contributed by atoms with E-state index >= 15 is 0 Å². The van der Waals surface area contributed by atoms with E-state index in [-0.39, 0.29) is 17.7 Å². The molecule has 0 bridgehead atoms. The summed E-state index contributed by atoms with van der Waals surface area (Å²) in [6, 6.07) is 8.01. The zero-order chi connectivity index (χ0) is 25.4. The van der Waals surface area contributed by atoms with Crippen LogP contribution in [0, 0.1) is 0 Å². The van der Waals surface area contributed by atoms with Crippen LogP contribution >= 0.6 is 0 Å². The Morgan fingerprint density at radius 3 is 0.909 bits per heavy atom. The van der Waals surface area contributed by atoms with E-state index in [9.17, 15) is 14.4 Å². The maximum atomic E-state index is 12.5. The molecule has 3 N–H and O–H groups in total. The van der Waals surface area contributed by atoms with Gasteiger partial charge in [-0.05, 0) is 36.3 Å². The van der Waals surface area contributed by atoms with E-state index in [1.807, 2.05) is 0 Å². The summed E-state index contributed by atoms with van der Waals surface area (Å²) in [4.78, 5) is 37.5. The molecule has 1 aromatic rings. The van der Waals surface area contributed by atoms with E-state index < -0.39 is 24.2 Å². The van der Waals surface area contributed by atoms with Crippen molar-refractivity contribution in [1.82, 2.24) is 0 Å². The Hall–Kier alpha value is -1.72. The second-order valence-corrected chi connectivity index (χ2v) is 29.5. The SMILES string of the molecule is C[Si](C)(C)CCC(=O)Nc1cc(NC(=O)CC[Si](C)(C)C)cc(NC(=O)CC[Si](C)(C)C)c1. The number of nitrogens with one attached hydrogen (secondary N) is 3. The molecule has 0 aliphatic heterocycles. The normalized spacial score (nSPS) is 12.3. The summed E-state index contributed by atoms with van der Waals surface area (Å²) in [6.07, 6.45) is 1.42. The fraction of sp³-hybridized carbons (Fsp3) is 0.625. The molecule has 0 unspecified atom stereocenters. The molecule has 6 nitrogen and oxygen atoms in total. The van der Waals surface area contributed by atoms with E-state index in [1.54, 1.807) is 18.2 Å². The minimum atomic E-state index is -1.32. The van der Waals surface area contributed by atoms with Crippen LogP contribution in [0.25, 0.3) is 0 Å². The number of carbonyl (C=O) groups excluding carboxylic acids is 3. The number of rotatable bonds is 12. The second-order valence-electron chi connectivity index (χ2n) is 12.6. The van der Waals surface area contributed by atoms with E-state index in [0.29, 0.717) is 36.3 Å². The zero-order valence-electron chi connectivity index (χ0n) is 22.2. The molecule has 33 heavy (non-hydrogen) atoms. The molecule has 0 saturated heterocycles. The minimum absolute atomic E-state index is 0.0457. The molecule has 0 aliphatic carbocycles. The fourth-order valence-corrected chi connectivity index (χ4v) is 5.91. The second kappa shape index (κ2) is 12.1. The molecule has 0 atom stereocenters. The van der Waals surface area contributed by atoms with Gasteiger partial charge < -0.3 is 16.0 Å². The van der Waals surface area contributed by atoms with E-state index in [4.69, 9.17) is 0 Å². The molecule has 0 aliphatic rings. The number of hydrogen-bond acceptors (Lipinski definition) is 3. The Bertz CT molecular complexity index is 716.